The average Bonchev–Trinajstić information content (AvgIpc) is 3.18. The topological polar surface area (TPSA) is 47.9 Å². The van der Waals surface area contributed by atoms with Crippen molar-refractivity contribution in [2.24, 2.45) is 23.7 Å². The van der Waals surface area contributed by atoms with Gasteiger partial charge in [-0.15, -0.1) is 0 Å². The molecule has 0 heterocycles. The van der Waals surface area contributed by atoms with Crippen LogP contribution in [0.3, 0.4) is 0 Å². The maximum Gasteiger partial charge on any atom is 0.161 e. The normalized spacial score (nSPS) is 43.2. The number of rotatable bonds is 2. The minimum absolute atomic E-state index is 0.536. The van der Waals surface area contributed by atoms with Gasteiger partial charge < -0.3 is 10.6 Å². The fourth-order valence-electron chi connectivity index (χ4n) is 5.31. The smallest absolute Gasteiger partial charge is 0.161 e. The van der Waals surface area contributed by atoms with Gasteiger partial charge in [-0.25, -0.2) is 0 Å². The highest BCUT2D eigenvalue weighted by Crippen LogP contribution is 2.45. The Morgan fingerprint density at radius 3 is 1.90 bits per heavy atom. The van der Waals surface area contributed by atoms with Gasteiger partial charge >= 0.3 is 0 Å². The lowest BCUT2D eigenvalue weighted by molar-refractivity contribution is 0.391. The van der Waals surface area contributed by atoms with E-state index >= 15 is 0 Å². The van der Waals surface area contributed by atoms with Crippen LogP contribution in [0.4, 0.5) is 0 Å². The van der Waals surface area contributed by atoms with Gasteiger partial charge in [-0.1, -0.05) is 25.1 Å². The van der Waals surface area contributed by atoms with E-state index in [0.717, 1.165) is 28.0 Å². The summed E-state index contributed by atoms with van der Waals surface area (Å²) in [5, 5.41) is 15.6. The molecule has 4 aliphatic rings. The molecule has 0 aromatic rings. The zero-order chi connectivity index (χ0) is 14.4. The van der Waals surface area contributed by atoms with Crippen LogP contribution in [-0.4, -0.2) is 21.6 Å². The Morgan fingerprint density at radius 2 is 1.43 bits per heavy atom. The molecule has 0 radical (unpaired) electrons. The van der Waals surface area contributed by atoms with E-state index in [0.29, 0.717) is 17.3 Å². The van der Waals surface area contributed by atoms with Crippen molar-refractivity contribution in [2.45, 2.75) is 63.5 Å². The van der Waals surface area contributed by atoms with E-state index in [-0.39, 0.29) is 0 Å². The van der Waals surface area contributed by atoms with Gasteiger partial charge in [-0.3, -0.25) is 5.41 Å². The predicted octanol–water partition coefficient (Wildman–Crippen LogP) is 3.50. The second-order valence-electron chi connectivity index (χ2n) is 7.57. The molecule has 116 valence electrons. The van der Waals surface area contributed by atoms with E-state index in [1.54, 1.807) is 0 Å². The number of amidine groups is 1. The number of fused-ring (bicyclic) bond motifs is 4. The molecule has 6 unspecified atom stereocenters. The van der Waals surface area contributed by atoms with E-state index in [2.05, 4.69) is 10.6 Å². The van der Waals surface area contributed by atoms with Crippen molar-refractivity contribution in [1.82, 2.24) is 10.6 Å². The first-order valence-corrected chi connectivity index (χ1v) is 9.73. The lowest BCUT2D eigenvalue weighted by Crippen LogP contribution is -2.40. The Morgan fingerprint density at radius 1 is 0.857 bits per heavy atom. The molecule has 4 fully saturated rings. The van der Waals surface area contributed by atoms with Crippen LogP contribution in [0.1, 0.15) is 51.4 Å². The average molecular weight is 324 g/mol. The Balaban J connectivity index is 1.22. The quantitative estimate of drug-likeness (QED) is 0.413. The van der Waals surface area contributed by atoms with Crippen molar-refractivity contribution in [1.29, 1.82) is 5.41 Å². The predicted molar refractivity (Wildman–Crippen MR) is 92.7 cm³/mol. The molecule has 0 aromatic heterocycles. The van der Waals surface area contributed by atoms with Gasteiger partial charge in [-0.05, 0) is 74.0 Å². The number of thiocarbonyl (C=S) groups is 1. The van der Waals surface area contributed by atoms with E-state index in [1.807, 2.05) is 0 Å². The van der Waals surface area contributed by atoms with E-state index in [9.17, 15) is 0 Å². The van der Waals surface area contributed by atoms with Crippen LogP contribution in [0, 0.1) is 29.1 Å². The van der Waals surface area contributed by atoms with Crippen LogP contribution in [-0.2, 0) is 0 Å². The Labute approximate surface area is 136 Å². The summed E-state index contributed by atoms with van der Waals surface area (Å²) in [6, 6.07) is 1.12. The van der Waals surface area contributed by atoms with Gasteiger partial charge in [0, 0.05) is 12.1 Å². The van der Waals surface area contributed by atoms with Crippen LogP contribution in [0.2, 0.25) is 0 Å². The van der Waals surface area contributed by atoms with Gasteiger partial charge in [0.25, 0.3) is 0 Å². The van der Waals surface area contributed by atoms with E-state index in [4.69, 9.17) is 17.6 Å². The third-order valence-electron chi connectivity index (χ3n) is 6.29. The maximum atomic E-state index is 8.17. The maximum absolute atomic E-state index is 8.17. The van der Waals surface area contributed by atoms with Crippen LogP contribution < -0.4 is 10.6 Å². The van der Waals surface area contributed by atoms with Crippen molar-refractivity contribution in [3.63, 3.8) is 0 Å². The SMILES string of the molecule is N=C(NC1CC2CCC1C2)SC(=S)NC1CC2CCC1C2. The first kappa shape index (κ1) is 14.3. The fourth-order valence-corrected chi connectivity index (χ4v) is 6.32. The Bertz CT molecular complexity index is 413. The molecular weight excluding hydrogens is 298 g/mol. The second-order valence-corrected chi connectivity index (χ2v) is 9.26. The third kappa shape index (κ3) is 2.96. The van der Waals surface area contributed by atoms with E-state index < -0.39 is 0 Å². The van der Waals surface area contributed by atoms with Crippen LogP contribution in [0.25, 0.3) is 0 Å². The van der Waals surface area contributed by atoms with Crippen LogP contribution in [0.5, 0.6) is 0 Å². The fraction of sp³-hybridized carbons (Fsp3) is 0.875. The van der Waals surface area contributed by atoms with Gasteiger partial charge in [-0.2, -0.15) is 0 Å². The lowest BCUT2D eigenvalue weighted by atomic mass is 9.96. The van der Waals surface area contributed by atoms with Gasteiger partial charge in [0.05, 0.1) is 0 Å². The molecule has 0 aliphatic heterocycles. The van der Waals surface area contributed by atoms with Crippen molar-refractivity contribution >= 4 is 33.5 Å². The molecule has 5 heteroatoms. The number of thioether (sulfide) groups is 1. The number of hydrogen-bond acceptors (Lipinski definition) is 3. The molecule has 6 atom stereocenters. The largest absolute Gasteiger partial charge is 0.368 e. The Hall–Kier alpha value is -0.290. The lowest BCUT2D eigenvalue weighted by Gasteiger charge is -2.26. The highest BCUT2D eigenvalue weighted by atomic mass is 32.2. The first-order chi connectivity index (χ1) is 10.2. The molecule has 0 aromatic carbocycles. The Kier molecular flexibility index (Phi) is 3.90. The summed E-state index contributed by atoms with van der Waals surface area (Å²) in [6.07, 6.45) is 10.9. The highest BCUT2D eigenvalue weighted by molar-refractivity contribution is 8.32. The highest BCUT2D eigenvalue weighted by Gasteiger charge is 2.41. The van der Waals surface area contributed by atoms with Crippen molar-refractivity contribution in [3.8, 4) is 0 Å². The van der Waals surface area contributed by atoms with Crippen LogP contribution in [0.15, 0.2) is 0 Å². The van der Waals surface area contributed by atoms with Crippen molar-refractivity contribution in [2.75, 3.05) is 0 Å². The van der Waals surface area contributed by atoms with Gasteiger partial charge in [0.2, 0.25) is 0 Å². The standard InChI is InChI=1S/C16H25N3S2/c17-15(18-13-7-9-1-3-11(13)5-9)21-16(20)19-14-8-10-2-4-12(14)6-10/h9-14H,1-8H2,(H2,17,18)(H,19,20). The van der Waals surface area contributed by atoms with Gasteiger partial charge in [0.15, 0.2) is 5.17 Å². The number of hydrogen-bond donors (Lipinski definition) is 3. The summed E-state index contributed by atoms with van der Waals surface area (Å²) < 4.78 is 0.799. The number of nitrogens with one attached hydrogen (secondary N) is 3. The molecule has 4 saturated carbocycles. The van der Waals surface area contributed by atoms with Gasteiger partial charge in [0.1, 0.15) is 4.32 Å². The third-order valence-corrected chi connectivity index (χ3v) is 7.28. The first-order valence-electron chi connectivity index (χ1n) is 8.51. The summed E-state index contributed by atoms with van der Waals surface area (Å²) in [6.45, 7) is 0. The summed E-state index contributed by atoms with van der Waals surface area (Å²) in [4.78, 5) is 0. The molecule has 4 aliphatic carbocycles. The molecule has 4 rings (SSSR count). The summed E-state index contributed by atoms with van der Waals surface area (Å²) in [7, 11) is 0. The molecular formula is C16H25N3S2. The van der Waals surface area contributed by atoms with E-state index in [1.165, 1.54) is 63.1 Å². The monoisotopic (exact) mass is 323 g/mol. The summed E-state index contributed by atoms with van der Waals surface area (Å²) in [5.41, 5.74) is 0. The molecule has 3 nitrogen and oxygen atoms in total. The van der Waals surface area contributed by atoms with Crippen LogP contribution >= 0.6 is 24.0 Å². The molecule has 4 bridgehead atoms. The molecule has 0 saturated heterocycles. The summed E-state index contributed by atoms with van der Waals surface area (Å²) in [5.74, 6) is 3.50. The summed E-state index contributed by atoms with van der Waals surface area (Å²) >= 11 is 6.88. The minimum Gasteiger partial charge on any atom is -0.368 e. The zero-order valence-corrected chi connectivity index (χ0v) is 14.1. The van der Waals surface area contributed by atoms with Crippen molar-refractivity contribution < 1.29 is 0 Å². The zero-order valence-electron chi connectivity index (χ0n) is 12.4. The second kappa shape index (κ2) is 5.73. The molecule has 0 amide bonds. The minimum atomic E-state index is 0.536. The van der Waals surface area contributed by atoms with Crippen molar-refractivity contribution in [3.05, 3.63) is 0 Å². The molecule has 3 N–H and O–H groups in total. The molecule has 21 heavy (non-hydrogen) atoms. The molecule has 0 spiro atoms.